The van der Waals surface area contributed by atoms with E-state index in [0.717, 1.165) is 17.3 Å². The average Bonchev–Trinajstić information content (AvgIpc) is 2.91. The molecule has 0 unspecified atom stereocenters. The number of primary amides is 1. The van der Waals surface area contributed by atoms with Gasteiger partial charge in [-0.2, -0.15) is 0 Å². The van der Waals surface area contributed by atoms with Crippen LogP contribution < -0.4 is 16.9 Å². The summed E-state index contributed by atoms with van der Waals surface area (Å²) in [5.41, 5.74) is 7.12. The molecule has 0 aliphatic rings. The van der Waals surface area contributed by atoms with Crippen molar-refractivity contribution in [2.45, 2.75) is 50.4 Å². The average molecular weight is 391 g/mol. The molecule has 27 heavy (non-hydrogen) atoms. The molecule has 3 amide bonds. The van der Waals surface area contributed by atoms with Crippen molar-refractivity contribution in [3.05, 3.63) is 29.8 Å². The molecule has 1 aromatic heterocycles. The summed E-state index contributed by atoms with van der Waals surface area (Å²) in [6.45, 7) is 10.2. The van der Waals surface area contributed by atoms with Crippen LogP contribution in [0.3, 0.4) is 0 Å². The number of carbonyl (C=O) groups excluding carboxylic acids is 2. The Hall–Kier alpha value is -2.55. The first kappa shape index (κ1) is 20.8. The summed E-state index contributed by atoms with van der Waals surface area (Å²) in [7, 11) is 0. The van der Waals surface area contributed by atoms with Crippen LogP contribution in [0.4, 0.5) is 4.79 Å². The van der Waals surface area contributed by atoms with Gasteiger partial charge in [-0.15, -0.1) is 10.2 Å². The Kier molecular flexibility index (Phi) is 6.15. The van der Waals surface area contributed by atoms with Crippen LogP contribution in [0, 0.1) is 5.92 Å². The van der Waals surface area contributed by atoms with Crippen molar-refractivity contribution in [2.24, 2.45) is 11.7 Å². The van der Waals surface area contributed by atoms with Gasteiger partial charge in [-0.1, -0.05) is 70.6 Å². The van der Waals surface area contributed by atoms with Crippen LogP contribution in [-0.4, -0.2) is 32.1 Å². The molecular weight excluding hydrogens is 364 g/mol. The second kappa shape index (κ2) is 7.99. The molecule has 0 saturated carbocycles. The van der Waals surface area contributed by atoms with E-state index in [9.17, 15) is 9.59 Å². The van der Waals surface area contributed by atoms with E-state index in [1.54, 1.807) is 0 Å². The number of nitrogen functional groups attached to an aromatic ring is 1. The summed E-state index contributed by atoms with van der Waals surface area (Å²) >= 11 is 1.14. The quantitative estimate of drug-likeness (QED) is 0.530. The predicted molar refractivity (Wildman–Crippen MR) is 107 cm³/mol. The van der Waals surface area contributed by atoms with Crippen molar-refractivity contribution >= 4 is 23.7 Å². The minimum atomic E-state index is -0.889. The highest BCUT2D eigenvalue weighted by Crippen LogP contribution is 2.30. The van der Waals surface area contributed by atoms with Gasteiger partial charge in [-0.25, -0.2) is 9.47 Å². The normalized spacial score (nSPS) is 12.8. The molecule has 2 aromatic rings. The van der Waals surface area contributed by atoms with Gasteiger partial charge in [0.2, 0.25) is 11.1 Å². The van der Waals surface area contributed by atoms with Crippen LogP contribution in [0.2, 0.25) is 0 Å². The minimum absolute atomic E-state index is 0.0498. The molecule has 0 radical (unpaired) electrons. The number of imide groups is 1. The molecule has 9 heteroatoms. The van der Waals surface area contributed by atoms with Gasteiger partial charge in [0.1, 0.15) is 0 Å². The maximum absolute atomic E-state index is 12.2. The molecule has 8 nitrogen and oxygen atoms in total. The Morgan fingerprint density at radius 3 is 2.22 bits per heavy atom. The van der Waals surface area contributed by atoms with E-state index in [-0.39, 0.29) is 11.3 Å². The van der Waals surface area contributed by atoms with E-state index in [1.165, 1.54) is 10.2 Å². The Balaban J connectivity index is 2.25. The highest BCUT2D eigenvalue weighted by molar-refractivity contribution is 8.00. The molecule has 5 N–H and O–H groups in total. The van der Waals surface area contributed by atoms with E-state index in [0.29, 0.717) is 11.0 Å². The van der Waals surface area contributed by atoms with Crippen molar-refractivity contribution in [1.82, 2.24) is 20.2 Å². The molecule has 1 atom stereocenters. The van der Waals surface area contributed by atoms with Crippen molar-refractivity contribution in [3.63, 3.8) is 0 Å². The standard InChI is InChI=1S/C18H26N6O2S/c1-10(2)13(15(25)21-16(19)26)27-17-23-22-14(24(17)20)11-6-8-12(9-7-11)18(3,4)5/h6-10,13H,20H2,1-5H3,(H3,19,21,25,26)/t13-/m0/s1. The number of urea groups is 1. The number of rotatable bonds is 5. The van der Waals surface area contributed by atoms with Crippen LogP contribution in [0.15, 0.2) is 29.4 Å². The number of hydrogen-bond donors (Lipinski definition) is 3. The van der Waals surface area contributed by atoms with E-state index in [1.807, 2.05) is 38.1 Å². The second-order valence-electron chi connectivity index (χ2n) is 7.64. The molecule has 0 aliphatic heterocycles. The van der Waals surface area contributed by atoms with Crippen molar-refractivity contribution < 1.29 is 9.59 Å². The van der Waals surface area contributed by atoms with E-state index < -0.39 is 17.2 Å². The molecule has 0 aliphatic carbocycles. The summed E-state index contributed by atoms with van der Waals surface area (Å²) in [5.74, 6) is 6.10. The summed E-state index contributed by atoms with van der Waals surface area (Å²) in [4.78, 5) is 23.2. The molecule has 1 heterocycles. The minimum Gasteiger partial charge on any atom is -0.351 e. The van der Waals surface area contributed by atoms with Crippen LogP contribution in [-0.2, 0) is 10.2 Å². The lowest BCUT2D eigenvalue weighted by Crippen LogP contribution is -2.42. The third kappa shape index (κ3) is 5.00. The number of hydrogen-bond acceptors (Lipinski definition) is 6. The molecule has 0 bridgehead atoms. The van der Waals surface area contributed by atoms with Crippen molar-refractivity contribution in [3.8, 4) is 11.4 Å². The number of amides is 3. The van der Waals surface area contributed by atoms with Crippen molar-refractivity contribution in [2.75, 3.05) is 5.84 Å². The maximum atomic E-state index is 12.2. The lowest BCUT2D eigenvalue weighted by atomic mass is 9.87. The fourth-order valence-corrected chi connectivity index (χ4v) is 3.43. The Labute approximate surface area is 163 Å². The fraction of sp³-hybridized carbons (Fsp3) is 0.444. The van der Waals surface area contributed by atoms with Gasteiger partial charge in [-0.05, 0) is 16.9 Å². The summed E-state index contributed by atoms with van der Waals surface area (Å²) in [5, 5.41) is 10.2. The number of thioether (sulfide) groups is 1. The van der Waals surface area contributed by atoms with Crippen LogP contribution in [0.1, 0.15) is 40.2 Å². The Morgan fingerprint density at radius 1 is 1.15 bits per heavy atom. The van der Waals surface area contributed by atoms with Crippen molar-refractivity contribution in [1.29, 1.82) is 0 Å². The first-order chi connectivity index (χ1) is 12.5. The molecule has 0 fully saturated rings. The first-order valence-electron chi connectivity index (χ1n) is 8.59. The third-order valence-corrected chi connectivity index (χ3v) is 5.52. The zero-order valence-corrected chi connectivity index (χ0v) is 17.0. The fourth-order valence-electron chi connectivity index (χ4n) is 2.47. The number of nitrogens with two attached hydrogens (primary N) is 2. The van der Waals surface area contributed by atoms with Crippen LogP contribution >= 0.6 is 11.8 Å². The van der Waals surface area contributed by atoms with Gasteiger partial charge in [0.05, 0.1) is 5.25 Å². The van der Waals surface area contributed by atoms with Gasteiger partial charge in [0.15, 0.2) is 5.82 Å². The molecule has 2 rings (SSSR count). The van der Waals surface area contributed by atoms with Gasteiger partial charge < -0.3 is 11.6 Å². The number of nitrogens with zero attached hydrogens (tertiary/aromatic N) is 3. The topological polar surface area (TPSA) is 129 Å². The highest BCUT2D eigenvalue weighted by atomic mass is 32.2. The van der Waals surface area contributed by atoms with Gasteiger partial charge in [-0.3, -0.25) is 10.1 Å². The van der Waals surface area contributed by atoms with Crippen LogP contribution in [0.5, 0.6) is 0 Å². The first-order valence-corrected chi connectivity index (χ1v) is 9.47. The largest absolute Gasteiger partial charge is 0.351 e. The monoisotopic (exact) mass is 390 g/mol. The molecule has 146 valence electrons. The zero-order valence-electron chi connectivity index (χ0n) is 16.2. The van der Waals surface area contributed by atoms with Gasteiger partial charge >= 0.3 is 6.03 Å². The van der Waals surface area contributed by atoms with E-state index in [4.69, 9.17) is 11.6 Å². The smallest absolute Gasteiger partial charge is 0.318 e. The molecular formula is C18H26N6O2S. The number of aromatic nitrogens is 3. The zero-order chi connectivity index (χ0) is 20.4. The molecule has 0 spiro atoms. The summed E-state index contributed by atoms with van der Waals surface area (Å²) < 4.78 is 1.35. The molecule has 1 aromatic carbocycles. The summed E-state index contributed by atoms with van der Waals surface area (Å²) in [6, 6.07) is 7.08. The van der Waals surface area contributed by atoms with Crippen LogP contribution in [0.25, 0.3) is 11.4 Å². The third-order valence-electron chi connectivity index (χ3n) is 4.02. The number of nitrogens with one attached hydrogen (secondary N) is 1. The summed E-state index contributed by atoms with van der Waals surface area (Å²) in [6.07, 6.45) is 0. The lowest BCUT2D eigenvalue weighted by molar-refractivity contribution is -0.120. The SMILES string of the molecule is CC(C)[C@H](Sc1nnc(-c2ccc(C(C)(C)C)cc2)n1N)C(=O)NC(N)=O. The number of carbonyl (C=O) groups is 2. The molecule has 0 saturated heterocycles. The van der Waals surface area contributed by atoms with E-state index in [2.05, 4.69) is 36.3 Å². The lowest BCUT2D eigenvalue weighted by Gasteiger charge is -2.19. The second-order valence-corrected chi connectivity index (χ2v) is 8.75. The Bertz CT molecular complexity index is 823. The maximum Gasteiger partial charge on any atom is 0.318 e. The predicted octanol–water partition coefficient (Wildman–Crippen LogP) is 2.27. The highest BCUT2D eigenvalue weighted by Gasteiger charge is 2.27. The number of benzene rings is 1. The Morgan fingerprint density at radius 2 is 1.74 bits per heavy atom. The van der Waals surface area contributed by atoms with E-state index >= 15 is 0 Å². The van der Waals surface area contributed by atoms with Gasteiger partial charge in [0.25, 0.3) is 0 Å². The van der Waals surface area contributed by atoms with Gasteiger partial charge in [0, 0.05) is 5.56 Å².